The normalized spacial score (nSPS) is 26.0. The van der Waals surface area contributed by atoms with E-state index in [1.165, 1.54) is 17.5 Å². The Kier molecular flexibility index (Phi) is 2.36. The maximum atomic E-state index is 5.62. The van der Waals surface area contributed by atoms with E-state index in [-0.39, 0.29) is 0 Å². The van der Waals surface area contributed by atoms with Gasteiger partial charge in [0.25, 0.3) is 0 Å². The van der Waals surface area contributed by atoms with Crippen molar-refractivity contribution in [1.29, 1.82) is 0 Å². The lowest BCUT2D eigenvalue weighted by molar-refractivity contribution is 0.809. The Labute approximate surface area is 80.0 Å². The van der Waals surface area contributed by atoms with Crippen LogP contribution in [0, 0.1) is 5.92 Å². The minimum absolute atomic E-state index is 0.757. The van der Waals surface area contributed by atoms with Crippen LogP contribution in [0.5, 0.6) is 0 Å². The van der Waals surface area contributed by atoms with E-state index in [1.54, 1.807) is 0 Å². The molecule has 1 fully saturated rings. The predicted octanol–water partition coefficient (Wildman–Crippen LogP) is 2.31. The maximum absolute atomic E-state index is 5.62. The van der Waals surface area contributed by atoms with Crippen molar-refractivity contribution >= 4 is 0 Å². The first kappa shape index (κ1) is 8.76. The minimum atomic E-state index is 0.757. The molecule has 13 heavy (non-hydrogen) atoms. The van der Waals surface area contributed by atoms with Gasteiger partial charge in [-0.05, 0) is 42.3 Å². The summed E-state index contributed by atoms with van der Waals surface area (Å²) in [6.07, 6.45) is 2.42. The number of nitrogens with two attached hydrogens (primary N) is 1. The van der Waals surface area contributed by atoms with Crippen molar-refractivity contribution in [2.75, 3.05) is 6.54 Å². The molecule has 2 rings (SSSR count). The number of benzene rings is 1. The summed E-state index contributed by atoms with van der Waals surface area (Å²) in [6.45, 7) is 3.04. The van der Waals surface area contributed by atoms with Crippen molar-refractivity contribution in [2.45, 2.75) is 25.7 Å². The molecule has 0 unspecified atom stereocenters. The lowest BCUT2D eigenvalue weighted by atomic mass is 10.1. The summed E-state index contributed by atoms with van der Waals surface area (Å²) in [5.41, 5.74) is 8.52. The van der Waals surface area contributed by atoms with E-state index in [0.717, 1.165) is 24.8 Å². The molecule has 0 amide bonds. The summed E-state index contributed by atoms with van der Waals surface area (Å²) < 4.78 is 0. The van der Waals surface area contributed by atoms with Crippen LogP contribution in [0.15, 0.2) is 24.3 Å². The zero-order valence-corrected chi connectivity index (χ0v) is 8.16. The van der Waals surface area contributed by atoms with Crippen LogP contribution < -0.4 is 5.73 Å². The van der Waals surface area contributed by atoms with Gasteiger partial charge in [-0.15, -0.1) is 0 Å². The van der Waals surface area contributed by atoms with Crippen LogP contribution in [-0.2, 0) is 6.42 Å². The first-order chi connectivity index (χ1) is 6.35. The Bertz CT molecular complexity index is 276. The van der Waals surface area contributed by atoms with Gasteiger partial charge in [-0.25, -0.2) is 0 Å². The molecule has 1 aliphatic carbocycles. The molecule has 1 aromatic rings. The fraction of sp³-hybridized carbons (Fsp3) is 0.500. The van der Waals surface area contributed by atoms with Crippen molar-refractivity contribution in [3.63, 3.8) is 0 Å². The Morgan fingerprint density at radius 2 is 2.00 bits per heavy atom. The van der Waals surface area contributed by atoms with Crippen molar-refractivity contribution < 1.29 is 0 Å². The van der Waals surface area contributed by atoms with E-state index in [9.17, 15) is 0 Å². The number of hydrogen-bond acceptors (Lipinski definition) is 1. The molecule has 70 valence electrons. The van der Waals surface area contributed by atoms with Gasteiger partial charge >= 0.3 is 0 Å². The third-order valence-electron chi connectivity index (χ3n) is 3.04. The van der Waals surface area contributed by atoms with Crippen LogP contribution in [0.1, 0.15) is 30.4 Å². The molecule has 0 heterocycles. The van der Waals surface area contributed by atoms with Gasteiger partial charge < -0.3 is 5.73 Å². The highest BCUT2D eigenvalue weighted by Gasteiger charge is 2.36. The average molecular weight is 175 g/mol. The summed E-state index contributed by atoms with van der Waals surface area (Å²) in [4.78, 5) is 0. The van der Waals surface area contributed by atoms with Gasteiger partial charge in [0.1, 0.15) is 0 Å². The van der Waals surface area contributed by atoms with Gasteiger partial charge in [0, 0.05) is 0 Å². The molecule has 0 saturated heterocycles. The largest absolute Gasteiger partial charge is 0.330 e. The van der Waals surface area contributed by atoms with E-state index in [2.05, 4.69) is 31.2 Å². The van der Waals surface area contributed by atoms with E-state index in [4.69, 9.17) is 5.73 Å². The van der Waals surface area contributed by atoms with E-state index in [0.29, 0.717) is 0 Å². The third kappa shape index (κ3) is 1.75. The van der Waals surface area contributed by atoms with Gasteiger partial charge in [-0.3, -0.25) is 0 Å². The molecule has 2 atom stereocenters. The molecule has 1 saturated carbocycles. The Hall–Kier alpha value is -0.820. The Morgan fingerprint density at radius 1 is 1.31 bits per heavy atom. The average Bonchev–Trinajstić information content (AvgIpc) is 2.97. The van der Waals surface area contributed by atoms with E-state index in [1.807, 2.05) is 0 Å². The smallest absolute Gasteiger partial charge is 0.00428 e. The fourth-order valence-corrected chi connectivity index (χ4v) is 1.92. The van der Waals surface area contributed by atoms with Crippen molar-refractivity contribution in [3.8, 4) is 0 Å². The summed E-state index contributed by atoms with van der Waals surface area (Å²) >= 11 is 0. The lowest BCUT2D eigenvalue weighted by Gasteiger charge is -2.00. The number of rotatable bonds is 3. The SMILES string of the molecule is CCc1ccc([C@@H]2C[C@H]2CN)cc1. The fourth-order valence-electron chi connectivity index (χ4n) is 1.92. The van der Waals surface area contributed by atoms with Gasteiger partial charge in [0.05, 0.1) is 0 Å². The van der Waals surface area contributed by atoms with Crippen LogP contribution in [0.25, 0.3) is 0 Å². The van der Waals surface area contributed by atoms with Crippen LogP contribution in [-0.4, -0.2) is 6.54 Å². The van der Waals surface area contributed by atoms with Crippen molar-refractivity contribution in [3.05, 3.63) is 35.4 Å². The van der Waals surface area contributed by atoms with E-state index >= 15 is 0 Å². The molecule has 1 heteroatoms. The quantitative estimate of drug-likeness (QED) is 0.749. The molecular weight excluding hydrogens is 158 g/mol. The minimum Gasteiger partial charge on any atom is -0.330 e. The molecule has 0 spiro atoms. The van der Waals surface area contributed by atoms with E-state index < -0.39 is 0 Å². The molecule has 1 aromatic carbocycles. The van der Waals surface area contributed by atoms with Crippen molar-refractivity contribution in [1.82, 2.24) is 0 Å². The molecule has 0 aliphatic heterocycles. The highest BCUT2D eigenvalue weighted by Crippen LogP contribution is 2.46. The molecule has 0 bridgehead atoms. The molecule has 2 N–H and O–H groups in total. The van der Waals surface area contributed by atoms with Crippen LogP contribution in [0.2, 0.25) is 0 Å². The van der Waals surface area contributed by atoms with Gasteiger partial charge in [-0.2, -0.15) is 0 Å². The van der Waals surface area contributed by atoms with Gasteiger partial charge in [0.2, 0.25) is 0 Å². The van der Waals surface area contributed by atoms with Gasteiger partial charge in [0.15, 0.2) is 0 Å². The maximum Gasteiger partial charge on any atom is -0.00428 e. The predicted molar refractivity (Wildman–Crippen MR) is 55.7 cm³/mol. The molecule has 0 aromatic heterocycles. The highest BCUT2D eigenvalue weighted by atomic mass is 14.6. The summed E-state index contributed by atoms with van der Waals surface area (Å²) in [7, 11) is 0. The zero-order chi connectivity index (χ0) is 9.26. The van der Waals surface area contributed by atoms with Crippen molar-refractivity contribution in [2.24, 2.45) is 11.7 Å². The Morgan fingerprint density at radius 3 is 2.46 bits per heavy atom. The monoisotopic (exact) mass is 175 g/mol. The highest BCUT2D eigenvalue weighted by molar-refractivity contribution is 5.29. The van der Waals surface area contributed by atoms with Crippen LogP contribution in [0.4, 0.5) is 0 Å². The third-order valence-corrected chi connectivity index (χ3v) is 3.04. The summed E-state index contributed by atoms with van der Waals surface area (Å²) in [6, 6.07) is 9.00. The second kappa shape index (κ2) is 3.51. The number of hydrogen-bond donors (Lipinski definition) is 1. The van der Waals surface area contributed by atoms with Crippen LogP contribution >= 0.6 is 0 Å². The lowest BCUT2D eigenvalue weighted by Crippen LogP contribution is -2.01. The van der Waals surface area contributed by atoms with Crippen LogP contribution in [0.3, 0.4) is 0 Å². The topological polar surface area (TPSA) is 26.0 Å². The zero-order valence-electron chi connectivity index (χ0n) is 8.16. The first-order valence-electron chi connectivity index (χ1n) is 5.14. The molecule has 1 aliphatic rings. The number of aryl methyl sites for hydroxylation is 1. The summed E-state index contributed by atoms with van der Waals surface area (Å²) in [5.74, 6) is 1.52. The standard InChI is InChI=1S/C12H17N/c1-2-9-3-5-10(6-4-9)12-7-11(12)8-13/h3-6,11-12H,2,7-8,13H2,1H3/t11-,12-/m0/s1. The molecule has 1 nitrogen and oxygen atoms in total. The second-order valence-electron chi connectivity index (χ2n) is 3.93. The Balaban J connectivity index is 2.07. The summed E-state index contributed by atoms with van der Waals surface area (Å²) in [5, 5.41) is 0. The molecule has 0 radical (unpaired) electrons. The van der Waals surface area contributed by atoms with Gasteiger partial charge in [-0.1, -0.05) is 31.2 Å². The second-order valence-corrected chi connectivity index (χ2v) is 3.93. The first-order valence-corrected chi connectivity index (χ1v) is 5.14. The molecular formula is C12H17N.